The minimum atomic E-state index is -4.44. The van der Waals surface area contributed by atoms with Crippen molar-refractivity contribution < 1.29 is 22.8 Å². The van der Waals surface area contributed by atoms with Crippen LogP contribution in [0.1, 0.15) is 22.8 Å². The maximum Gasteiger partial charge on any atom is 0.416 e. The number of alkyl halides is 3. The van der Waals surface area contributed by atoms with Gasteiger partial charge in [-0.15, -0.1) is 0 Å². The van der Waals surface area contributed by atoms with Crippen LogP contribution in [-0.2, 0) is 11.0 Å². The van der Waals surface area contributed by atoms with Crippen molar-refractivity contribution in [2.45, 2.75) is 13.1 Å². The number of carbonyl (C=O) groups excluding carboxylic acids is 2. The van der Waals surface area contributed by atoms with Crippen LogP contribution in [0.15, 0.2) is 48.5 Å². The standard InChI is InChI=1S/C17H15F3N2O2/c1-11(23)14-7-2-3-8-15(14)22-16(24)10-21-13-6-4-5-12(9-13)17(18,19)20/h2-9,21H,10H2,1H3,(H,22,24). The number of Topliss-reactive ketones (excluding diaryl/α,β-unsaturated/α-hetero) is 1. The third kappa shape index (κ3) is 4.58. The zero-order valence-corrected chi connectivity index (χ0v) is 12.8. The van der Waals surface area contributed by atoms with Crippen molar-refractivity contribution in [3.63, 3.8) is 0 Å². The number of rotatable bonds is 5. The Kier molecular flexibility index (Phi) is 5.23. The molecule has 1 amide bonds. The highest BCUT2D eigenvalue weighted by Gasteiger charge is 2.30. The minimum Gasteiger partial charge on any atom is -0.376 e. The van der Waals surface area contributed by atoms with Gasteiger partial charge in [-0.2, -0.15) is 13.2 Å². The van der Waals surface area contributed by atoms with Gasteiger partial charge in [-0.05, 0) is 37.3 Å². The molecule has 0 heterocycles. The van der Waals surface area contributed by atoms with Crippen molar-refractivity contribution in [3.05, 3.63) is 59.7 Å². The first kappa shape index (κ1) is 17.5. The molecular formula is C17H15F3N2O2. The molecule has 2 rings (SSSR count). The number of para-hydroxylation sites is 1. The van der Waals surface area contributed by atoms with Crippen LogP contribution in [0.25, 0.3) is 0 Å². The lowest BCUT2D eigenvalue weighted by Crippen LogP contribution is -2.23. The molecule has 4 nitrogen and oxygen atoms in total. The van der Waals surface area contributed by atoms with Crippen molar-refractivity contribution in [3.8, 4) is 0 Å². The molecule has 0 bridgehead atoms. The first-order valence-electron chi connectivity index (χ1n) is 7.08. The molecule has 7 heteroatoms. The molecule has 2 N–H and O–H groups in total. The predicted octanol–water partition coefficient (Wildman–Crippen LogP) is 3.96. The number of amides is 1. The second kappa shape index (κ2) is 7.16. The number of benzene rings is 2. The number of carbonyl (C=O) groups is 2. The first-order valence-corrected chi connectivity index (χ1v) is 7.08. The van der Waals surface area contributed by atoms with Crippen LogP contribution < -0.4 is 10.6 Å². The van der Waals surface area contributed by atoms with Gasteiger partial charge in [0.1, 0.15) is 0 Å². The summed E-state index contributed by atoms with van der Waals surface area (Å²) in [6.45, 7) is 1.15. The van der Waals surface area contributed by atoms with E-state index in [0.29, 0.717) is 11.3 Å². The Labute approximate surface area is 136 Å². The van der Waals surface area contributed by atoms with Gasteiger partial charge in [-0.1, -0.05) is 18.2 Å². The summed E-state index contributed by atoms with van der Waals surface area (Å²) >= 11 is 0. The molecule has 0 atom stereocenters. The van der Waals surface area contributed by atoms with Gasteiger partial charge >= 0.3 is 6.18 Å². The Bertz CT molecular complexity index is 757. The van der Waals surface area contributed by atoms with Crippen LogP contribution in [0.5, 0.6) is 0 Å². The van der Waals surface area contributed by atoms with Crippen molar-refractivity contribution in [2.24, 2.45) is 0 Å². The number of hydrogen-bond acceptors (Lipinski definition) is 3. The van der Waals surface area contributed by atoms with E-state index >= 15 is 0 Å². The minimum absolute atomic E-state index is 0.180. The van der Waals surface area contributed by atoms with Crippen molar-refractivity contribution in [1.29, 1.82) is 0 Å². The highest BCUT2D eigenvalue weighted by Crippen LogP contribution is 2.30. The fraction of sp³-hybridized carbons (Fsp3) is 0.176. The van der Waals surface area contributed by atoms with Crippen LogP contribution in [0.2, 0.25) is 0 Å². The lowest BCUT2D eigenvalue weighted by Gasteiger charge is -2.12. The van der Waals surface area contributed by atoms with Gasteiger partial charge in [0.15, 0.2) is 5.78 Å². The van der Waals surface area contributed by atoms with Crippen LogP contribution >= 0.6 is 0 Å². The lowest BCUT2D eigenvalue weighted by molar-refractivity contribution is -0.137. The largest absolute Gasteiger partial charge is 0.416 e. The SMILES string of the molecule is CC(=O)c1ccccc1NC(=O)CNc1cccc(C(F)(F)F)c1. The van der Waals surface area contributed by atoms with E-state index in [1.54, 1.807) is 24.3 Å². The van der Waals surface area contributed by atoms with Crippen molar-refractivity contribution in [1.82, 2.24) is 0 Å². The number of anilines is 2. The van der Waals surface area contributed by atoms with Crippen LogP contribution in [0.3, 0.4) is 0 Å². The average Bonchev–Trinajstić information content (AvgIpc) is 2.53. The molecule has 24 heavy (non-hydrogen) atoms. The van der Waals surface area contributed by atoms with E-state index in [2.05, 4.69) is 10.6 Å². The number of nitrogens with one attached hydrogen (secondary N) is 2. The van der Waals surface area contributed by atoms with Crippen molar-refractivity contribution >= 4 is 23.1 Å². The molecule has 0 unspecified atom stereocenters. The Balaban J connectivity index is 2.01. The molecule has 2 aromatic rings. The second-order valence-corrected chi connectivity index (χ2v) is 5.08. The maximum absolute atomic E-state index is 12.6. The highest BCUT2D eigenvalue weighted by atomic mass is 19.4. The fourth-order valence-corrected chi connectivity index (χ4v) is 2.08. The first-order chi connectivity index (χ1) is 11.3. The average molecular weight is 336 g/mol. The van der Waals surface area contributed by atoms with E-state index in [4.69, 9.17) is 0 Å². The Morgan fingerprint density at radius 3 is 2.42 bits per heavy atom. The maximum atomic E-state index is 12.6. The molecular weight excluding hydrogens is 321 g/mol. The van der Waals surface area contributed by atoms with E-state index in [-0.39, 0.29) is 18.0 Å². The molecule has 0 aliphatic carbocycles. The zero-order valence-electron chi connectivity index (χ0n) is 12.8. The van der Waals surface area contributed by atoms with Crippen LogP contribution in [-0.4, -0.2) is 18.2 Å². The Hall–Kier alpha value is -2.83. The van der Waals surface area contributed by atoms with Gasteiger partial charge in [0.2, 0.25) is 5.91 Å². The molecule has 0 fully saturated rings. The smallest absolute Gasteiger partial charge is 0.376 e. The third-order valence-electron chi connectivity index (χ3n) is 3.22. The van der Waals surface area contributed by atoms with E-state index < -0.39 is 17.6 Å². The number of halogens is 3. The Morgan fingerprint density at radius 2 is 1.75 bits per heavy atom. The fourth-order valence-electron chi connectivity index (χ4n) is 2.08. The monoisotopic (exact) mass is 336 g/mol. The summed E-state index contributed by atoms with van der Waals surface area (Å²) in [5, 5.41) is 5.19. The van der Waals surface area contributed by atoms with Gasteiger partial charge in [0.25, 0.3) is 0 Å². The summed E-state index contributed by atoms with van der Waals surface area (Å²) in [5.41, 5.74) is 0.112. The quantitative estimate of drug-likeness (QED) is 0.813. The Morgan fingerprint density at radius 1 is 1.04 bits per heavy atom. The summed E-state index contributed by atoms with van der Waals surface area (Å²) in [6, 6.07) is 11.1. The number of hydrogen-bond donors (Lipinski definition) is 2. The summed E-state index contributed by atoms with van der Waals surface area (Å²) in [4.78, 5) is 23.4. The summed E-state index contributed by atoms with van der Waals surface area (Å²) in [5.74, 6) is -0.669. The second-order valence-electron chi connectivity index (χ2n) is 5.08. The van der Waals surface area contributed by atoms with Gasteiger partial charge in [-0.25, -0.2) is 0 Å². The predicted molar refractivity (Wildman–Crippen MR) is 85.0 cm³/mol. The molecule has 2 aromatic carbocycles. The van der Waals surface area contributed by atoms with Gasteiger partial charge < -0.3 is 10.6 Å². The van der Waals surface area contributed by atoms with Gasteiger partial charge in [0.05, 0.1) is 17.8 Å². The zero-order chi connectivity index (χ0) is 17.7. The van der Waals surface area contributed by atoms with Gasteiger partial charge in [-0.3, -0.25) is 9.59 Å². The topological polar surface area (TPSA) is 58.2 Å². The molecule has 126 valence electrons. The molecule has 0 saturated carbocycles. The normalized spacial score (nSPS) is 11.0. The van der Waals surface area contributed by atoms with Crippen molar-refractivity contribution in [2.75, 3.05) is 17.2 Å². The molecule has 0 aromatic heterocycles. The summed E-state index contributed by atoms with van der Waals surface area (Å²) < 4.78 is 37.9. The van der Waals surface area contributed by atoms with Crippen LogP contribution in [0, 0.1) is 0 Å². The molecule has 0 aliphatic heterocycles. The van der Waals surface area contributed by atoms with Crippen LogP contribution in [0.4, 0.5) is 24.5 Å². The van der Waals surface area contributed by atoms with E-state index in [1.807, 2.05) is 0 Å². The molecule has 0 spiro atoms. The summed E-state index contributed by atoms with van der Waals surface area (Å²) in [6.07, 6.45) is -4.44. The van der Waals surface area contributed by atoms with Gasteiger partial charge in [0, 0.05) is 11.3 Å². The van der Waals surface area contributed by atoms with E-state index in [9.17, 15) is 22.8 Å². The number of ketones is 1. The summed E-state index contributed by atoms with van der Waals surface area (Å²) in [7, 11) is 0. The van der Waals surface area contributed by atoms with E-state index in [0.717, 1.165) is 12.1 Å². The third-order valence-corrected chi connectivity index (χ3v) is 3.22. The molecule has 0 saturated heterocycles. The molecule has 0 aliphatic rings. The highest BCUT2D eigenvalue weighted by molar-refractivity contribution is 6.04. The van der Waals surface area contributed by atoms with E-state index in [1.165, 1.54) is 19.1 Å². The lowest BCUT2D eigenvalue weighted by atomic mass is 10.1. The molecule has 0 radical (unpaired) electrons.